The van der Waals surface area contributed by atoms with Crippen molar-refractivity contribution in [2.24, 2.45) is 0 Å². The number of fused-ring (bicyclic) bond motifs is 1. The van der Waals surface area contributed by atoms with Gasteiger partial charge >= 0.3 is 5.88 Å². The maximum atomic E-state index is 11.2. The average molecular weight is 198 g/mol. The molecule has 0 radical (unpaired) electrons. The van der Waals surface area contributed by atoms with Gasteiger partial charge in [0.2, 0.25) is 9.75 Å². The fraction of sp³-hybridized carbons (Fsp3) is 0.556. The van der Waals surface area contributed by atoms with Crippen molar-refractivity contribution in [2.45, 2.75) is 32.2 Å². The molecule has 70 valence electrons. The van der Waals surface area contributed by atoms with E-state index < -0.39 is 0 Å². The summed E-state index contributed by atoms with van der Waals surface area (Å²) in [6.07, 6.45) is 2.19. The quantitative estimate of drug-likeness (QED) is 0.632. The molecule has 1 atom stereocenters. The molecule has 0 aliphatic carbocycles. The van der Waals surface area contributed by atoms with Gasteiger partial charge in [-0.2, -0.15) is 4.57 Å². The molecule has 1 aromatic rings. The lowest BCUT2D eigenvalue weighted by atomic mass is 10.0. The van der Waals surface area contributed by atoms with E-state index >= 15 is 0 Å². The summed E-state index contributed by atoms with van der Waals surface area (Å²) in [5, 5.41) is 10.5. The molecule has 1 unspecified atom stereocenters. The van der Waals surface area contributed by atoms with Crippen LogP contribution in [0.25, 0.3) is 0 Å². The molecule has 0 aromatic carbocycles. The summed E-state index contributed by atoms with van der Waals surface area (Å²) in [5.74, 6) is 0.517. The highest BCUT2D eigenvalue weighted by molar-refractivity contribution is 7.08. The molecule has 2 heterocycles. The molecule has 2 rings (SSSR count). The Morgan fingerprint density at radius 2 is 2.46 bits per heavy atom. The van der Waals surface area contributed by atoms with E-state index in [1.165, 1.54) is 17.4 Å². The Balaban J connectivity index is 2.63. The Morgan fingerprint density at radius 3 is 3.23 bits per heavy atom. The summed E-state index contributed by atoms with van der Waals surface area (Å²) in [4.78, 5) is 11.2. The van der Waals surface area contributed by atoms with Crippen LogP contribution in [0.15, 0.2) is 10.9 Å². The van der Waals surface area contributed by atoms with Crippen molar-refractivity contribution >= 4 is 11.3 Å². The Kier molecular flexibility index (Phi) is 2.07. The second-order valence-electron chi connectivity index (χ2n) is 3.46. The van der Waals surface area contributed by atoms with Gasteiger partial charge in [0.15, 0.2) is 6.54 Å². The topological polar surface area (TPSA) is 41.2 Å². The van der Waals surface area contributed by atoms with Crippen LogP contribution >= 0.6 is 11.3 Å². The maximum absolute atomic E-state index is 11.2. The molecule has 4 heteroatoms. The number of aromatic hydroxyl groups is 1. The summed E-state index contributed by atoms with van der Waals surface area (Å²) < 4.78 is 1.79. The monoisotopic (exact) mass is 198 g/mol. The molecule has 0 amide bonds. The van der Waals surface area contributed by atoms with Crippen molar-refractivity contribution in [1.29, 1.82) is 0 Å². The summed E-state index contributed by atoms with van der Waals surface area (Å²) >= 11 is 1.25. The van der Waals surface area contributed by atoms with E-state index in [2.05, 4.69) is 6.92 Å². The Morgan fingerprint density at radius 1 is 1.69 bits per heavy atom. The fourth-order valence-corrected chi connectivity index (χ4v) is 2.74. The van der Waals surface area contributed by atoms with Crippen LogP contribution in [-0.4, -0.2) is 5.11 Å². The third-order valence-corrected chi connectivity index (χ3v) is 3.59. The molecule has 0 saturated heterocycles. The molecule has 0 saturated carbocycles. The van der Waals surface area contributed by atoms with E-state index in [0.29, 0.717) is 5.92 Å². The van der Waals surface area contributed by atoms with Crippen molar-refractivity contribution in [3.8, 4) is 5.88 Å². The van der Waals surface area contributed by atoms with E-state index in [4.69, 9.17) is 0 Å². The molecule has 1 aliphatic heterocycles. The minimum absolute atomic E-state index is 0.0579. The summed E-state index contributed by atoms with van der Waals surface area (Å²) in [6, 6.07) is 1.30. The van der Waals surface area contributed by atoms with Gasteiger partial charge < -0.3 is 5.11 Å². The molecular formula is C9H12NO2S+. The van der Waals surface area contributed by atoms with Crippen LogP contribution < -0.4 is 9.31 Å². The normalized spacial score (nSPS) is 21.2. The Hall–Kier alpha value is -0.900. The Bertz CT molecular complexity index is 386. The first-order valence-corrected chi connectivity index (χ1v) is 5.27. The van der Waals surface area contributed by atoms with Crippen molar-refractivity contribution in [3.63, 3.8) is 0 Å². The largest absolute Gasteiger partial charge is 0.460 e. The molecular weight excluding hydrogens is 186 g/mol. The van der Waals surface area contributed by atoms with Crippen molar-refractivity contribution < 1.29 is 9.67 Å². The second-order valence-corrected chi connectivity index (χ2v) is 4.48. The SMILES string of the molecule is CC1CCC[n+]2c(O)cc(=O)sc21. The molecule has 0 fully saturated rings. The highest BCUT2D eigenvalue weighted by Gasteiger charge is 2.28. The van der Waals surface area contributed by atoms with E-state index in [1.54, 1.807) is 0 Å². The van der Waals surface area contributed by atoms with Crippen LogP contribution in [-0.2, 0) is 6.54 Å². The zero-order chi connectivity index (χ0) is 9.42. The standard InChI is InChI=1S/C9H11NO2S/c1-6-3-2-4-10-7(11)5-8(12)13-9(6)10/h5-6H,2-4H2,1H3/p+1. The highest BCUT2D eigenvalue weighted by atomic mass is 32.1. The lowest BCUT2D eigenvalue weighted by Gasteiger charge is -2.14. The third kappa shape index (κ3) is 1.46. The first-order chi connectivity index (χ1) is 6.18. The van der Waals surface area contributed by atoms with Gasteiger partial charge in [-0.1, -0.05) is 6.92 Å². The van der Waals surface area contributed by atoms with Gasteiger partial charge in [-0.15, -0.1) is 0 Å². The fourth-order valence-electron chi connectivity index (χ4n) is 1.75. The zero-order valence-electron chi connectivity index (χ0n) is 7.49. The van der Waals surface area contributed by atoms with Crippen LogP contribution in [0, 0.1) is 0 Å². The van der Waals surface area contributed by atoms with Crippen LogP contribution in [0.4, 0.5) is 0 Å². The van der Waals surface area contributed by atoms with E-state index in [0.717, 1.165) is 24.4 Å². The number of aromatic nitrogens is 1. The third-order valence-electron chi connectivity index (χ3n) is 2.44. The average Bonchev–Trinajstić information content (AvgIpc) is 2.07. The minimum Gasteiger partial charge on any atom is -0.460 e. The number of rotatable bonds is 0. The van der Waals surface area contributed by atoms with Crippen LogP contribution in [0.3, 0.4) is 0 Å². The molecule has 1 N–H and O–H groups in total. The lowest BCUT2D eigenvalue weighted by Crippen LogP contribution is -2.42. The van der Waals surface area contributed by atoms with Crippen molar-refractivity contribution in [2.75, 3.05) is 0 Å². The lowest BCUT2D eigenvalue weighted by molar-refractivity contribution is -0.712. The molecule has 1 aliphatic rings. The molecule has 13 heavy (non-hydrogen) atoms. The first-order valence-electron chi connectivity index (χ1n) is 4.45. The van der Waals surface area contributed by atoms with Gasteiger partial charge in [0.1, 0.15) is 6.07 Å². The predicted octanol–water partition coefficient (Wildman–Crippen LogP) is 0.999. The highest BCUT2D eigenvalue weighted by Crippen LogP contribution is 2.24. The van der Waals surface area contributed by atoms with Gasteiger partial charge in [0.05, 0.1) is 5.92 Å². The zero-order valence-corrected chi connectivity index (χ0v) is 8.30. The molecule has 1 aromatic heterocycles. The van der Waals surface area contributed by atoms with Crippen LogP contribution in [0.5, 0.6) is 5.88 Å². The number of hydrogen-bond acceptors (Lipinski definition) is 3. The smallest absolute Gasteiger partial charge is 0.371 e. The first kappa shape index (κ1) is 8.69. The van der Waals surface area contributed by atoms with Gasteiger partial charge in [-0.25, -0.2) is 0 Å². The molecule has 3 nitrogen and oxygen atoms in total. The van der Waals surface area contributed by atoms with Crippen LogP contribution in [0.1, 0.15) is 30.7 Å². The predicted molar refractivity (Wildman–Crippen MR) is 50.1 cm³/mol. The second kappa shape index (κ2) is 3.10. The summed E-state index contributed by atoms with van der Waals surface area (Å²) in [7, 11) is 0. The van der Waals surface area contributed by atoms with Crippen LogP contribution in [0.2, 0.25) is 0 Å². The van der Waals surface area contributed by atoms with E-state index in [-0.39, 0.29) is 10.6 Å². The number of hydrogen-bond donors (Lipinski definition) is 1. The van der Waals surface area contributed by atoms with Crippen molar-refractivity contribution in [3.05, 3.63) is 20.6 Å². The van der Waals surface area contributed by atoms with E-state index in [1.807, 2.05) is 4.57 Å². The molecule has 0 spiro atoms. The summed E-state index contributed by atoms with van der Waals surface area (Å²) in [5.41, 5.74) is 0. The Labute approximate surface area is 80.3 Å². The van der Waals surface area contributed by atoms with Gasteiger partial charge in [-0.05, 0) is 17.8 Å². The number of nitrogens with zero attached hydrogens (tertiary/aromatic N) is 1. The maximum Gasteiger partial charge on any atom is 0.371 e. The molecule has 0 bridgehead atoms. The van der Waals surface area contributed by atoms with Gasteiger partial charge in [-0.3, -0.25) is 4.79 Å². The minimum atomic E-state index is -0.0579. The van der Waals surface area contributed by atoms with Gasteiger partial charge in [0, 0.05) is 6.42 Å². The summed E-state index contributed by atoms with van der Waals surface area (Å²) in [6.45, 7) is 2.93. The van der Waals surface area contributed by atoms with Crippen molar-refractivity contribution in [1.82, 2.24) is 0 Å². The van der Waals surface area contributed by atoms with Gasteiger partial charge in [0.25, 0.3) is 0 Å². The van der Waals surface area contributed by atoms with E-state index in [9.17, 15) is 9.90 Å².